The summed E-state index contributed by atoms with van der Waals surface area (Å²) < 4.78 is 80.7. The second-order valence-electron chi connectivity index (χ2n) is 9.29. The fraction of sp³-hybridized carbons (Fsp3) is 1.00. The summed E-state index contributed by atoms with van der Waals surface area (Å²) in [6, 6.07) is 0. The molecule has 2 fully saturated rings. The van der Waals surface area contributed by atoms with Gasteiger partial charge >= 0.3 is 209 Å². The molecule has 1 spiro atoms. The molecule has 13 heteroatoms. The van der Waals surface area contributed by atoms with Crippen LogP contribution in [0.1, 0.15) is 76.2 Å². The Morgan fingerprint density at radius 3 is 1.09 bits per heavy atom. The van der Waals surface area contributed by atoms with Crippen LogP contribution < -0.4 is 0 Å². The van der Waals surface area contributed by atoms with Crippen molar-refractivity contribution in [2.24, 2.45) is 0 Å². The van der Waals surface area contributed by atoms with E-state index in [0.717, 1.165) is 0 Å². The molecule has 0 aliphatic carbocycles. The van der Waals surface area contributed by atoms with Crippen molar-refractivity contribution in [3.8, 4) is 0 Å². The third-order valence-corrected chi connectivity index (χ3v) is 18.0. The molecule has 0 N–H and O–H groups in total. The van der Waals surface area contributed by atoms with Crippen molar-refractivity contribution in [3.05, 3.63) is 0 Å². The van der Waals surface area contributed by atoms with Crippen LogP contribution in [0.15, 0.2) is 0 Å². The van der Waals surface area contributed by atoms with E-state index < -0.39 is 52.4 Å². The molecule has 8 nitrogen and oxygen atoms in total. The molecule has 0 bridgehead atoms. The van der Waals surface area contributed by atoms with Gasteiger partial charge in [0.2, 0.25) is 0 Å². The van der Waals surface area contributed by atoms with Gasteiger partial charge in [0, 0.05) is 0 Å². The van der Waals surface area contributed by atoms with Gasteiger partial charge in [-0.15, -0.1) is 0 Å². The van der Waals surface area contributed by atoms with E-state index in [1.807, 2.05) is 55.4 Å². The first-order valence-electron chi connectivity index (χ1n) is 10.8. The van der Waals surface area contributed by atoms with Gasteiger partial charge in [0.1, 0.15) is 0 Å². The van der Waals surface area contributed by atoms with Crippen molar-refractivity contribution in [1.82, 2.24) is 0 Å². The predicted molar refractivity (Wildman–Crippen MR) is 119 cm³/mol. The van der Waals surface area contributed by atoms with E-state index in [0.29, 0.717) is 0 Å². The zero-order valence-corrected chi connectivity index (χ0v) is 26.2. The molecule has 202 valence electrons. The molecule has 0 atom stereocenters. The minimum atomic E-state index is -4.41. The van der Waals surface area contributed by atoms with Crippen LogP contribution in [0.3, 0.4) is 0 Å². The first kappa shape index (κ1) is 32.1. The van der Waals surface area contributed by atoms with Crippen LogP contribution >= 0.6 is 0 Å². The summed E-state index contributed by atoms with van der Waals surface area (Å²) in [4.78, 5) is 0. The molecule has 2 aliphatic heterocycles. The van der Waals surface area contributed by atoms with Crippen molar-refractivity contribution < 1.29 is 38.0 Å². The zero-order chi connectivity index (χ0) is 26.0. The second kappa shape index (κ2) is 11.2. The van der Waals surface area contributed by atoms with Gasteiger partial charge in [0.05, 0.1) is 0 Å². The fourth-order valence-electron chi connectivity index (χ4n) is 2.30. The molecule has 0 saturated carbocycles. The molecule has 0 unspecified atom stereocenters. The average molecular weight is 722 g/mol. The van der Waals surface area contributed by atoms with E-state index in [2.05, 4.69) is 0 Å². The maximum atomic E-state index is 12.0. The Kier molecular flexibility index (Phi) is 10.9. The van der Waals surface area contributed by atoms with Crippen molar-refractivity contribution in [2.45, 2.75) is 105 Å². The van der Waals surface area contributed by atoms with E-state index in [4.69, 9.17) is 24.8 Å². The Morgan fingerprint density at radius 2 is 0.879 bits per heavy atom. The van der Waals surface area contributed by atoms with Crippen LogP contribution in [0.5, 0.6) is 0 Å². The second-order valence-corrected chi connectivity index (χ2v) is 18.5. The van der Waals surface area contributed by atoms with Gasteiger partial charge in [-0.3, -0.25) is 0 Å². The van der Waals surface area contributed by atoms with Gasteiger partial charge in [0.25, 0.3) is 0 Å². The van der Waals surface area contributed by atoms with E-state index in [1.165, 1.54) is 0 Å². The van der Waals surface area contributed by atoms with E-state index in [1.54, 1.807) is 20.8 Å². The molecule has 33 heavy (non-hydrogen) atoms. The number of alkyl halides is 3. The Bertz CT molecular complexity index is 555. The van der Waals surface area contributed by atoms with Crippen LogP contribution in [-0.2, 0) is 24.8 Å². The third kappa shape index (κ3) is 8.28. The molecule has 0 aromatic carbocycles. The van der Waals surface area contributed by atoms with Crippen LogP contribution in [0.4, 0.5) is 13.2 Å². The third-order valence-electron chi connectivity index (χ3n) is 5.29. The van der Waals surface area contributed by atoms with Crippen molar-refractivity contribution in [1.29, 1.82) is 0 Å². The number of halogens is 3. The summed E-state index contributed by atoms with van der Waals surface area (Å²) in [5.41, 5.74) is -1.54. The number of hydrogen-bond donors (Lipinski definition) is 0. The Balaban J connectivity index is 0.000000331. The van der Waals surface area contributed by atoms with Crippen LogP contribution in [0.25, 0.3) is 0 Å². The normalized spacial score (nSPS) is 26.0. The molecule has 2 saturated heterocycles. The van der Waals surface area contributed by atoms with Gasteiger partial charge in [-0.2, -0.15) is 0 Å². The summed E-state index contributed by atoms with van der Waals surface area (Å²) in [6.07, 6.45) is -4.41. The van der Waals surface area contributed by atoms with Crippen LogP contribution in [0.2, 0.25) is 0 Å². The SMILES string of the molecule is CC1(C)O[Te]2(OC1(C)C)OC(C)(C)C(C)(C)O2.CCO[Te](OCC)(OCC)OCC(F)(F)F. The number of rotatable bonds is 8. The standard InChI is InChI=1S/C12H24O4Te.C8H17F3O4Te/c1-9(2)10(3,4)14-17(13-9)15-11(5,6)12(7,8)16-17;1-4-12-16(13-5-2,14-6-3)15-7-8(9,10)11/h1-8H3;4-7H2,1-3H3. The van der Waals surface area contributed by atoms with Crippen LogP contribution in [-0.4, -0.2) is 94.7 Å². The molecule has 0 radical (unpaired) electrons. The summed E-state index contributed by atoms with van der Waals surface area (Å²) in [5, 5.41) is 0. The predicted octanol–water partition coefficient (Wildman–Crippen LogP) is 4.74. The molecular formula is C20H41F3O8Te2. The topological polar surface area (TPSA) is 73.8 Å². The molecule has 0 aromatic rings. The Morgan fingerprint density at radius 1 is 0.606 bits per heavy atom. The quantitative estimate of drug-likeness (QED) is 0.333. The summed E-state index contributed by atoms with van der Waals surface area (Å²) >= 11 is -7.81. The summed E-state index contributed by atoms with van der Waals surface area (Å²) in [6.45, 7) is 20.3. The van der Waals surface area contributed by atoms with Gasteiger partial charge in [-0.1, -0.05) is 0 Å². The molecular weight excluding hydrogens is 680 g/mol. The van der Waals surface area contributed by atoms with Gasteiger partial charge in [0.15, 0.2) is 0 Å². The van der Waals surface area contributed by atoms with Gasteiger partial charge in [-0.05, 0) is 0 Å². The fourth-order valence-corrected chi connectivity index (χ4v) is 15.4. The minimum absolute atomic E-state index is 0.193. The molecule has 2 aliphatic rings. The molecule has 0 aromatic heterocycles. The van der Waals surface area contributed by atoms with Gasteiger partial charge in [-0.25, -0.2) is 0 Å². The van der Waals surface area contributed by atoms with Crippen LogP contribution in [0, 0.1) is 0 Å². The monoisotopic (exact) mass is 726 g/mol. The first-order valence-corrected chi connectivity index (χ1v) is 18.5. The molecule has 2 heterocycles. The summed E-state index contributed by atoms with van der Waals surface area (Å²) in [5.74, 6) is 0. The zero-order valence-electron chi connectivity index (χ0n) is 21.5. The van der Waals surface area contributed by atoms with Crippen molar-refractivity contribution >= 4 is 39.6 Å². The Labute approximate surface area is 208 Å². The maximum absolute atomic E-state index is 12.0. The van der Waals surface area contributed by atoms with Crippen molar-refractivity contribution in [3.63, 3.8) is 0 Å². The average Bonchev–Trinajstić information content (AvgIpc) is 2.86. The molecule has 0 amide bonds. The Hall–Kier alpha value is 1.05. The van der Waals surface area contributed by atoms with Gasteiger partial charge < -0.3 is 0 Å². The first-order chi connectivity index (χ1) is 14.7. The molecule has 2 rings (SSSR count). The summed E-state index contributed by atoms with van der Waals surface area (Å²) in [7, 11) is 0. The van der Waals surface area contributed by atoms with Crippen molar-refractivity contribution in [2.75, 3.05) is 26.4 Å². The van der Waals surface area contributed by atoms with E-state index >= 15 is 0 Å². The van der Waals surface area contributed by atoms with E-state index in [9.17, 15) is 13.2 Å². The van der Waals surface area contributed by atoms with E-state index in [-0.39, 0.29) is 42.2 Å². The number of hydrogen-bond acceptors (Lipinski definition) is 8.